The molecule has 0 aromatic carbocycles. The number of hydrogen-bond donors (Lipinski definition) is 0. The van der Waals surface area contributed by atoms with Gasteiger partial charge in [0.1, 0.15) is 10.7 Å². The summed E-state index contributed by atoms with van der Waals surface area (Å²) >= 11 is 1.19. The van der Waals surface area contributed by atoms with Crippen molar-refractivity contribution in [2.75, 3.05) is 26.7 Å². The standard InChI is InChI=1S/C14H20N6OS/c1-4-10-12(22-17-16-10)14(21)20-8-7-18(2)11(9-20)13-15-5-6-19(13)3/h5-6,11H,4,7-9H2,1-3H3/t11-/m1/s1. The van der Waals surface area contributed by atoms with Gasteiger partial charge >= 0.3 is 0 Å². The monoisotopic (exact) mass is 320 g/mol. The Kier molecular flexibility index (Phi) is 4.21. The van der Waals surface area contributed by atoms with Crippen LogP contribution in [0.3, 0.4) is 0 Å². The third-order valence-electron chi connectivity index (χ3n) is 4.18. The molecule has 8 heteroatoms. The van der Waals surface area contributed by atoms with E-state index < -0.39 is 0 Å². The normalized spacial score (nSPS) is 19.6. The van der Waals surface area contributed by atoms with Gasteiger partial charge in [0.2, 0.25) is 0 Å². The fourth-order valence-electron chi connectivity index (χ4n) is 2.78. The summed E-state index contributed by atoms with van der Waals surface area (Å²) in [6.07, 6.45) is 4.46. The minimum absolute atomic E-state index is 0.0409. The summed E-state index contributed by atoms with van der Waals surface area (Å²) in [7, 11) is 4.06. The highest BCUT2D eigenvalue weighted by Crippen LogP contribution is 2.24. The molecule has 0 bridgehead atoms. The molecule has 0 N–H and O–H groups in total. The van der Waals surface area contributed by atoms with Gasteiger partial charge in [-0.3, -0.25) is 9.69 Å². The van der Waals surface area contributed by atoms with Gasteiger partial charge in [-0.05, 0) is 25.0 Å². The molecule has 2 aromatic rings. The number of nitrogens with zero attached hydrogens (tertiary/aromatic N) is 6. The molecular weight excluding hydrogens is 300 g/mol. The number of likely N-dealkylation sites (N-methyl/N-ethyl adjacent to an activating group) is 1. The highest BCUT2D eigenvalue weighted by molar-refractivity contribution is 7.08. The topological polar surface area (TPSA) is 67.2 Å². The van der Waals surface area contributed by atoms with Gasteiger partial charge < -0.3 is 9.47 Å². The molecule has 0 saturated carbocycles. The van der Waals surface area contributed by atoms with Gasteiger partial charge in [0.25, 0.3) is 5.91 Å². The van der Waals surface area contributed by atoms with Crippen LogP contribution in [-0.2, 0) is 13.5 Å². The van der Waals surface area contributed by atoms with Crippen molar-refractivity contribution < 1.29 is 4.79 Å². The van der Waals surface area contributed by atoms with Crippen molar-refractivity contribution in [3.8, 4) is 0 Å². The van der Waals surface area contributed by atoms with E-state index in [1.165, 1.54) is 11.5 Å². The van der Waals surface area contributed by atoms with Crippen LogP contribution in [0.2, 0.25) is 0 Å². The van der Waals surface area contributed by atoms with E-state index in [2.05, 4.69) is 26.5 Å². The summed E-state index contributed by atoms with van der Waals surface area (Å²) in [4.78, 5) is 22.0. The summed E-state index contributed by atoms with van der Waals surface area (Å²) in [5, 5.41) is 4.04. The van der Waals surface area contributed by atoms with Crippen LogP contribution >= 0.6 is 11.5 Å². The molecule has 1 atom stereocenters. The molecule has 1 aliphatic heterocycles. The molecule has 2 aromatic heterocycles. The van der Waals surface area contributed by atoms with Crippen LogP contribution in [0.15, 0.2) is 12.4 Å². The second-order valence-electron chi connectivity index (χ2n) is 5.55. The number of imidazole rings is 1. The zero-order valence-corrected chi connectivity index (χ0v) is 13.9. The van der Waals surface area contributed by atoms with Gasteiger partial charge in [-0.1, -0.05) is 11.4 Å². The number of hydrogen-bond acceptors (Lipinski definition) is 6. The van der Waals surface area contributed by atoms with E-state index in [-0.39, 0.29) is 11.9 Å². The highest BCUT2D eigenvalue weighted by Gasteiger charge is 2.32. The first-order valence-electron chi connectivity index (χ1n) is 7.39. The van der Waals surface area contributed by atoms with Gasteiger partial charge in [0, 0.05) is 39.1 Å². The van der Waals surface area contributed by atoms with Crippen LogP contribution in [-0.4, -0.2) is 61.5 Å². The SMILES string of the molecule is CCc1nnsc1C(=O)N1CCN(C)[C@@H](c2nccn2C)C1. The molecule has 3 heterocycles. The maximum Gasteiger partial charge on any atom is 0.267 e. The Bertz CT molecular complexity index is 666. The van der Waals surface area contributed by atoms with E-state index in [1.807, 2.05) is 29.6 Å². The highest BCUT2D eigenvalue weighted by atomic mass is 32.1. The molecule has 3 rings (SSSR count). The fourth-order valence-corrected chi connectivity index (χ4v) is 3.50. The Morgan fingerprint density at radius 3 is 2.91 bits per heavy atom. The van der Waals surface area contributed by atoms with Gasteiger partial charge in [-0.15, -0.1) is 5.10 Å². The molecule has 0 aliphatic carbocycles. The predicted octanol–water partition coefficient (Wildman–Crippen LogP) is 0.963. The van der Waals surface area contributed by atoms with E-state index in [9.17, 15) is 4.79 Å². The summed E-state index contributed by atoms with van der Waals surface area (Å²) < 4.78 is 5.94. The van der Waals surface area contributed by atoms with Crippen LogP contribution in [0.1, 0.15) is 34.2 Å². The van der Waals surface area contributed by atoms with Crippen molar-refractivity contribution in [3.05, 3.63) is 28.8 Å². The maximum absolute atomic E-state index is 12.8. The molecule has 7 nitrogen and oxygen atoms in total. The zero-order chi connectivity index (χ0) is 15.7. The van der Waals surface area contributed by atoms with E-state index in [0.29, 0.717) is 11.4 Å². The van der Waals surface area contributed by atoms with Crippen LogP contribution in [0.4, 0.5) is 0 Å². The van der Waals surface area contributed by atoms with Gasteiger partial charge in [0.05, 0.1) is 11.7 Å². The second-order valence-corrected chi connectivity index (χ2v) is 6.30. The first-order valence-corrected chi connectivity index (χ1v) is 8.17. The average Bonchev–Trinajstić information content (AvgIpc) is 3.15. The van der Waals surface area contributed by atoms with Crippen molar-refractivity contribution in [2.24, 2.45) is 7.05 Å². The summed E-state index contributed by atoms with van der Waals surface area (Å²) in [6, 6.07) is 0.114. The summed E-state index contributed by atoms with van der Waals surface area (Å²) in [5.41, 5.74) is 0.794. The smallest absolute Gasteiger partial charge is 0.267 e. The third kappa shape index (κ3) is 2.64. The molecule has 22 heavy (non-hydrogen) atoms. The molecule has 0 unspecified atom stereocenters. The average molecular weight is 320 g/mol. The number of amides is 1. The lowest BCUT2D eigenvalue weighted by molar-refractivity contribution is 0.0532. The molecule has 1 aliphatic rings. The van der Waals surface area contributed by atoms with Crippen LogP contribution in [0, 0.1) is 0 Å². The Morgan fingerprint density at radius 1 is 1.41 bits per heavy atom. The van der Waals surface area contributed by atoms with Crippen molar-refractivity contribution in [3.63, 3.8) is 0 Å². The maximum atomic E-state index is 12.8. The lowest BCUT2D eigenvalue weighted by Crippen LogP contribution is -2.49. The number of piperazine rings is 1. The number of rotatable bonds is 3. The predicted molar refractivity (Wildman–Crippen MR) is 83.8 cm³/mol. The van der Waals surface area contributed by atoms with Crippen LogP contribution in [0.25, 0.3) is 0 Å². The van der Waals surface area contributed by atoms with Gasteiger partial charge in [0.15, 0.2) is 0 Å². The van der Waals surface area contributed by atoms with Gasteiger partial charge in [-0.25, -0.2) is 4.98 Å². The summed E-state index contributed by atoms with van der Waals surface area (Å²) in [6.45, 7) is 4.18. The van der Waals surface area contributed by atoms with Gasteiger partial charge in [-0.2, -0.15) is 0 Å². The first-order chi connectivity index (χ1) is 10.6. The number of aryl methyl sites for hydroxylation is 2. The lowest BCUT2D eigenvalue weighted by Gasteiger charge is -2.38. The second kappa shape index (κ2) is 6.13. The van der Waals surface area contributed by atoms with E-state index in [4.69, 9.17) is 0 Å². The Labute approximate surface area is 133 Å². The molecular formula is C14H20N6OS. The van der Waals surface area contributed by atoms with Crippen molar-refractivity contribution in [2.45, 2.75) is 19.4 Å². The van der Waals surface area contributed by atoms with Crippen LogP contribution < -0.4 is 0 Å². The molecule has 0 radical (unpaired) electrons. The van der Waals surface area contributed by atoms with Crippen molar-refractivity contribution >= 4 is 17.4 Å². The minimum Gasteiger partial charge on any atom is -0.337 e. The molecule has 118 valence electrons. The van der Waals surface area contributed by atoms with Crippen molar-refractivity contribution in [1.29, 1.82) is 0 Å². The summed E-state index contributed by atoms with van der Waals surface area (Å²) in [5.74, 6) is 1.03. The Balaban J connectivity index is 1.81. The fraction of sp³-hybridized carbons (Fsp3) is 0.571. The molecule has 1 saturated heterocycles. The minimum atomic E-state index is 0.0409. The first kappa shape index (κ1) is 15.1. The quantitative estimate of drug-likeness (QED) is 0.843. The lowest BCUT2D eigenvalue weighted by atomic mass is 10.1. The Hall–Kier alpha value is -1.80. The third-order valence-corrected chi connectivity index (χ3v) is 4.93. The number of carbonyl (C=O) groups excluding carboxylic acids is 1. The zero-order valence-electron chi connectivity index (χ0n) is 13.1. The van der Waals surface area contributed by atoms with E-state index in [1.54, 1.807) is 6.20 Å². The molecule has 1 fully saturated rings. The van der Waals surface area contributed by atoms with Crippen LogP contribution in [0.5, 0.6) is 0 Å². The Morgan fingerprint density at radius 2 is 2.23 bits per heavy atom. The molecule has 1 amide bonds. The number of carbonyl (C=O) groups is 1. The largest absolute Gasteiger partial charge is 0.337 e. The van der Waals surface area contributed by atoms with E-state index >= 15 is 0 Å². The van der Waals surface area contributed by atoms with E-state index in [0.717, 1.165) is 31.0 Å². The molecule has 0 spiro atoms. The van der Waals surface area contributed by atoms with Crippen molar-refractivity contribution in [1.82, 2.24) is 28.9 Å². The number of aromatic nitrogens is 4.